The van der Waals surface area contributed by atoms with E-state index in [2.05, 4.69) is 10.9 Å². The summed E-state index contributed by atoms with van der Waals surface area (Å²) >= 11 is 0. The summed E-state index contributed by atoms with van der Waals surface area (Å²) in [5.41, 5.74) is 7.99. The molecule has 1 amide bonds. The van der Waals surface area contributed by atoms with E-state index in [1.807, 2.05) is 66.7 Å². The van der Waals surface area contributed by atoms with Gasteiger partial charge in [-0.25, -0.2) is 0 Å². The second-order valence-electron chi connectivity index (χ2n) is 5.25. The molecule has 2 N–H and O–H groups in total. The molecule has 0 radical (unpaired) electrons. The lowest BCUT2D eigenvalue weighted by Crippen LogP contribution is -2.29. The zero-order chi connectivity index (χ0) is 16.6. The number of carbonyl (C=O) groups excluding carboxylic acids is 1. The highest BCUT2D eigenvalue weighted by molar-refractivity contribution is 5.95. The van der Waals surface area contributed by atoms with Crippen LogP contribution in [0.1, 0.15) is 15.9 Å². The average molecular weight is 318 g/mol. The van der Waals surface area contributed by atoms with E-state index in [1.54, 1.807) is 18.2 Å². The van der Waals surface area contributed by atoms with Crippen LogP contribution in [0.2, 0.25) is 0 Å². The van der Waals surface area contributed by atoms with Gasteiger partial charge < -0.3 is 4.74 Å². The number of carbonyl (C=O) groups is 1. The van der Waals surface area contributed by atoms with Crippen LogP contribution in [-0.4, -0.2) is 5.91 Å². The fourth-order valence-electron chi connectivity index (χ4n) is 2.19. The van der Waals surface area contributed by atoms with Crippen molar-refractivity contribution in [1.29, 1.82) is 0 Å². The van der Waals surface area contributed by atoms with Gasteiger partial charge in [0.25, 0.3) is 5.91 Å². The number of amides is 1. The number of ether oxygens (including phenoxy) is 1. The molecular formula is C20H18N2O2. The first-order valence-corrected chi connectivity index (χ1v) is 7.69. The van der Waals surface area contributed by atoms with Crippen molar-refractivity contribution in [3.63, 3.8) is 0 Å². The molecule has 0 unspecified atom stereocenters. The van der Waals surface area contributed by atoms with Crippen LogP contribution in [0.15, 0.2) is 84.9 Å². The average Bonchev–Trinajstić information content (AvgIpc) is 2.66. The van der Waals surface area contributed by atoms with Gasteiger partial charge in [0.2, 0.25) is 0 Å². The van der Waals surface area contributed by atoms with Crippen molar-refractivity contribution in [3.05, 3.63) is 96.1 Å². The van der Waals surface area contributed by atoms with E-state index in [0.717, 1.165) is 11.3 Å². The van der Waals surface area contributed by atoms with Crippen LogP contribution >= 0.6 is 0 Å². The zero-order valence-corrected chi connectivity index (χ0v) is 13.1. The van der Waals surface area contributed by atoms with Crippen LogP contribution in [0.3, 0.4) is 0 Å². The Labute approximate surface area is 141 Å². The first-order chi connectivity index (χ1) is 11.8. The fourth-order valence-corrected chi connectivity index (χ4v) is 2.19. The number of hydrogen-bond donors (Lipinski definition) is 2. The summed E-state index contributed by atoms with van der Waals surface area (Å²) in [6, 6.07) is 26.5. The molecule has 0 bridgehead atoms. The summed E-state index contributed by atoms with van der Waals surface area (Å²) in [6.07, 6.45) is 0. The summed E-state index contributed by atoms with van der Waals surface area (Å²) in [5, 5.41) is 0. The molecule has 0 saturated carbocycles. The Morgan fingerprint density at radius 2 is 1.54 bits per heavy atom. The smallest absolute Gasteiger partial charge is 0.269 e. The molecule has 0 heterocycles. The predicted molar refractivity (Wildman–Crippen MR) is 94.7 cm³/mol. The van der Waals surface area contributed by atoms with Gasteiger partial charge in [0.05, 0.1) is 5.69 Å². The van der Waals surface area contributed by atoms with Gasteiger partial charge in [0.1, 0.15) is 12.4 Å². The minimum Gasteiger partial charge on any atom is -0.489 e. The molecule has 0 saturated heterocycles. The topological polar surface area (TPSA) is 50.4 Å². The van der Waals surface area contributed by atoms with E-state index >= 15 is 0 Å². The monoisotopic (exact) mass is 318 g/mol. The molecule has 0 aliphatic carbocycles. The highest BCUT2D eigenvalue weighted by Gasteiger charge is 2.06. The van der Waals surface area contributed by atoms with Gasteiger partial charge in [0, 0.05) is 5.56 Å². The number of nitrogens with one attached hydrogen (secondary N) is 2. The molecule has 3 aromatic rings. The Balaban J connectivity index is 1.59. The summed E-state index contributed by atoms with van der Waals surface area (Å²) in [6.45, 7) is 0.466. The van der Waals surface area contributed by atoms with Crippen molar-refractivity contribution in [2.75, 3.05) is 5.43 Å². The molecule has 0 aromatic heterocycles. The molecular weight excluding hydrogens is 300 g/mol. The first-order valence-electron chi connectivity index (χ1n) is 7.69. The van der Waals surface area contributed by atoms with Crippen molar-refractivity contribution >= 4 is 11.6 Å². The molecule has 0 spiro atoms. The highest BCUT2D eigenvalue weighted by atomic mass is 16.5. The predicted octanol–water partition coefficient (Wildman–Crippen LogP) is 4.02. The third kappa shape index (κ3) is 4.36. The van der Waals surface area contributed by atoms with Crippen molar-refractivity contribution in [1.82, 2.24) is 5.43 Å². The molecule has 3 aromatic carbocycles. The standard InChI is InChI=1S/C20H18N2O2/c23-20(22-21-18-11-5-2-6-12-18)17-10-7-13-19(14-17)24-15-16-8-3-1-4-9-16/h1-14,21H,15H2,(H,22,23). The van der Waals surface area contributed by atoms with Crippen LogP contribution in [-0.2, 0) is 6.61 Å². The van der Waals surface area contributed by atoms with Crippen molar-refractivity contribution in [3.8, 4) is 5.75 Å². The summed E-state index contributed by atoms with van der Waals surface area (Å²) in [4.78, 5) is 12.2. The lowest BCUT2D eigenvalue weighted by Gasteiger charge is -2.10. The van der Waals surface area contributed by atoms with Crippen molar-refractivity contribution < 1.29 is 9.53 Å². The largest absolute Gasteiger partial charge is 0.489 e. The van der Waals surface area contributed by atoms with E-state index in [0.29, 0.717) is 17.9 Å². The van der Waals surface area contributed by atoms with Crippen molar-refractivity contribution in [2.24, 2.45) is 0 Å². The zero-order valence-electron chi connectivity index (χ0n) is 13.1. The Morgan fingerprint density at radius 1 is 0.833 bits per heavy atom. The third-order valence-corrected chi connectivity index (χ3v) is 3.44. The molecule has 24 heavy (non-hydrogen) atoms. The van der Waals surface area contributed by atoms with E-state index < -0.39 is 0 Å². The number of anilines is 1. The summed E-state index contributed by atoms with van der Waals surface area (Å²) < 4.78 is 5.75. The summed E-state index contributed by atoms with van der Waals surface area (Å²) in [7, 11) is 0. The van der Waals surface area contributed by atoms with Crippen LogP contribution < -0.4 is 15.6 Å². The molecule has 0 aliphatic rings. The number of hydrogen-bond acceptors (Lipinski definition) is 3. The maximum atomic E-state index is 12.2. The van der Waals surface area contributed by atoms with E-state index in [9.17, 15) is 4.79 Å². The lowest BCUT2D eigenvalue weighted by molar-refractivity contribution is 0.0962. The summed E-state index contributed by atoms with van der Waals surface area (Å²) in [5.74, 6) is 0.440. The number of hydrazine groups is 1. The second-order valence-corrected chi connectivity index (χ2v) is 5.25. The fraction of sp³-hybridized carbons (Fsp3) is 0.0500. The van der Waals surface area contributed by atoms with Gasteiger partial charge in [-0.1, -0.05) is 54.6 Å². The maximum Gasteiger partial charge on any atom is 0.269 e. The Hall–Kier alpha value is -3.27. The first kappa shape index (κ1) is 15.6. The van der Waals surface area contributed by atoms with E-state index in [-0.39, 0.29) is 5.91 Å². The number of rotatable bonds is 6. The van der Waals surface area contributed by atoms with Gasteiger partial charge >= 0.3 is 0 Å². The Morgan fingerprint density at radius 3 is 2.29 bits per heavy atom. The van der Waals surface area contributed by atoms with Crippen LogP contribution in [0, 0.1) is 0 Å². The van der Waals surface area contributed by atoms with E-state index in [1.165, 1.54) is 0 Å². The number of para-hydroxylation sites is 1. The normalized spacial score (nSPS) is 10.0. The quantitative estimate of drug-likeness (QED) is 0.675. The minimum absolute atomic E-state index is 0.219. The van der Waals surface area contributed by atoms with Crippen LogP contribution in [0.4, 0.5) is 5.69 Å². The van der Waals surface area contributed by atoms with Gasteiger partial charge in [-0.05, 0) is 35.9 Å². The Bertz CT molecular complexity index is 789. The van der Waals surface area contributed by atoms with Gasteiger partial charge in [0.15, 0.2) is 0 Å². The molecule has 0 fully saturated rings. The van der Waals surface area contributed by atoms with Crippen LogP contribution in [0.25, 0.3) is 0 Å². The molecule has 3 rings (SSSR count). The second kappa shape index (κ2) is 7.83. The van der Waals surface area contributed by atoms with Gasteiger partial charge in [-0.3, -0.25) is 15.6 Å². The van der Waals surface area contributed by atoms with Crippen molar-refractivity contribution in [2.45, 2.75) is 6.61 Å². The third-order valence-electron chi connectivity index (χ3n) is 3.44. The SMILES string of the molecule is O=C(NNc1ccccc1)c1cccc(OCc2ccccc2)c1. The van der Waals surface area contributed by atoms with Gasteiger partial charge in [-0.2, -0.15) is 0 Å². The van der Waals surface area contributed by atoms with Gasteiger partial charge in [-0.15, -0.1) is 0 Å². The lowest BCUT2D eigenvalue weighted by atomic mass is 10.2. The highest BCUT2D eigenvalue weighted by Crippen LogP contribution is 2.15. The number of benzene rings is 3. The molecule has 4 heteroatoms. The Kier molecular flexibility index (Phi) is 5.10. The molecule has 4 nitrogen and oxygen atoms in total. The molecule has 0 atom stereocenters. The minimum atomic E-state index is -0.219. The van der Waals surface area contributed by atoms with Crippen LogP contribution in [0.5, 0.6) is 5.75 Å². The molecule has 0 aliphatic heterocycles. The maximum absolute atomic E-state index is 12.2. The molecule has 120 valence electrons. The van der Waals surface area contributed by atoms with E-state index in [4.69, 9.17) is 4.74 Å².